The van der Waals surface area contributed by atoms with Gasteiger partial charge in [-0.25, -0.2) is 0 Å². The normalized spacial score (nSPS) is 40.2. The largest absolute Gasteiger partial charge is 0.306 e. The lowest BCUT2D eigenvalue weighted by atomic mass is 9.94. The van der Waals surface area contributed by atoms with Gasteiger partial charge in [-0.15, -0.1) is 0 Å². The third-order valence-electron chi connectivity index (χ3n) is 7.67. The Hall–Kier alpha value is -0.0800. The molecule has 0 radical (unpaired) electrons. The molecule has 2 heterocycles. The SMILES string of the molecule is CC(C)CC1C[C@@H]2CN(C)C[C@@H]2C1.CC(C)CC1C[C@@H]2CN(C)C[C@@H]2C1. The zero-order valence-electron chi connectivity index (χ0n) is 18.6. The Kier molecular flexibility index (Phi) is 7.11. The van der Waals surface area contributed by atoms with Gasteiger partial charge in [-0.05, 0) is 100.0 Å². The molecule has 0 amide bonds. The molecule has 6 atom stereocenters. The molecule has 2 saturated heterocycles. The molecule has 2 aliphatic carbocycles. The first-order chi connectivity index (χ1) is 12.3. The topological polar surface area (TPSA) is 6.48 Å². The highest BCUT2D eigenvalue weighted by molar-refractivity contribution is 4.92. The van der Waals surface area contributed by atoms with Crippen LogP contribution in [0.4, 0.5) is 0 Å². The Bertz CT molecular complexity index is 364. The summed E-state index contributed by atoms with van der Waals surface area (Å²) in [6, 6.07) is 0. The van der Waals surface area contributed by atoms with Gasteiger partial charge in [-0.3, -0.25) is 0 Å². The molecule has 4 fully saturated rings. The van der Waals surface area contributed by atoms with E-state index < -0.39 is 0 Å². The highest BCUT2D eigenvalue weighted by Gasteiger charge is 2.40. The van der Waals surface area contributed by atoms with Gasteiger partial charge in [0.1, 0.15) is 0 Å². The maximum atomic E-state index is 2.51. The van der Waals surface area contributed by atoms with Crippen LogP contribution in [0.5, 0.6) is 0 Å². The maximum absolute atomic E-state index is 2.51. The van der Waals surface area contributed by atoms with Crippen molar-refractivity contribution in [3.05, 3.63) is 0 Å². The summed E-state index contributed by atoms with van der Waals surface area (Å²) in [5.41, 5.74) is 0. The van der Waals surface area contributed by atoms with E-state index in [-0.39, 0.29) is 0 Å². The van der Waals surface area contributed by atoms with E-state index in [1.807, 2.05) is 0 Å². The summed E-state index contributed by atoms with van der Waals surface area (Å²) in [6.07, 6.45) is 9.02. The Labute approximate surface area is 164 Å². The van der Waals surface area contributed by atoms with Gasteiger partial charge in [0, 0.05) is 26.2 Å². The monoisotopic (exact) mass is 362 g/mol. The van der Waals surface area contributed by atoms with Gasteiger partial charge in [0.25, 0.3) is 0 Å². The van der Waals surface area contributed by atoms with Crippen molar-refractivity contribution in [1.82, 2.24) is 9.80 Å². The number of likely N-dealkylation sites (tertiary alicyclic amines) is 2. The lowest BCUT2D eigenvalue weighted by Crippen LogP contribution is -2.16. The molecule has 0 bridgehead atoms. The van der Waals surface area contributed by atoms with Gasteiger partial charge in [0.15, 0.2) is 0 Å². The van der Waals surface area contributed by atoms with Crippen molar-refractivity contribution in [3.63, 3.8) is 0 Å². The minimum absolute atomic E-state index is 0.904. The highest BCUT2D eigenvalue weighted by atomic mass is 15.1. The summed E-state index contributed by atoms with van der Waals surface area (Å²) in [5.74, 6) is 8.13. The molecule has 152 valence electrons. The second-order valence-electron chi connectivity index (χ2n) is 11.4. The molecule has 0 aromatic heterocycles. The Balaban J connectivity index is 0.000000151. The van der Waals surface area contributed by atoms with Crippen LogP contribution in [0.3, 0.4) is 0 Å². The number of fused-ring (bicyclic) bond motifs is 2. The van der Waals surface area contributed by atoms with Crippen LogP contribution in [-0.2, 0) is 0 Å². The Morgan fingerprint density at radius 1 is 0.577 bits per heavy atom. The standard InChI is InChI=1S/2C12H23N/c2*1-9(2)4-10-5-11-7-13(3)8-12(11)6-10/h2*9-12H,4-8H2,1-3H3/t2*10?,11-,12+. The minimum Gasteiger partial charge on any atom is -0.306 e. The van der Waals surface area contributed by atoms with Crippen LogP contribution in [-0.4, -0.2) is 50.1 Å². The van der Waals surface area contributed by atoms with Crippen LogP contribution in [0.25, 0.3) is 0 Å². The Morgan fingerprint density at radius 3 is 1.08 bits per heavy atom. The van der Waals surface area contributed by atoms with E-state index in [0.717, 1.165) is 47.3 Å². The van der Waals surface area contributed by atoms with Crippen LogP contribution in [0.2, 0.25) is 0 Å². The van der Waals surface area contributed by atoms with Crippen molar-refractivity contribution in [2.24, 2.45) is 47.3 Å². The molecule has 2 unspecified atom stereocenters. The first-order valence-corrected chi connectivity index (χ1v) is 11.7. The summed E-state index contributed by atoms with van der Waals surface area (Å²) in [5, 5.41) is 0. The maximum Gasteiger partial charge on any atom is 0.000996 e. The first kappa shape index (κ1) is 20.6. The van der Waals surface area contributed by atoms with E-state index in [1.165, 1.54) is 64.7 Å². The molecule has 2 heteroatoms. The van der Waals surface area contributed by atoms with Crippen LogP contribution in [0, 0.1) is 47.3 Å². The fourth-order valence-corrected chi connectivity index (χ4v) is 7.04. The summed E-state index contributed by atoms with van der Waals surface area (Å²) < 4.78 is 0. The quantitative estimate of drug-likeness (QED) is 0.675. The predicted octanol–water partition coefficient (Wildman–Crippen LogP) is 5.24. The Morgan fingerprint density at radius 2 is 0.846 bits per heavy atom. The van der Waals surface area contributed by atoms with Gasteiger partial charge in [-0.1, -0.05) is 27.7 Å². The molecule has 0 aromatic carbocycles. The van der Waals surface area contributed by atoms with E-state index in [4.69, 9.17) is 0 Å². The van der Waals surface area contributed by atoms with Crippen molar-refractivity contribution in [3.8, 4) is 0 Å². The second-order valence-corrected chi connectivity index (χ2v) is 11.4. The van der Waals surface area contributed by atoms with E-state index in [9.17, 15) is 0 Å². The molecular weight excluding hydrogens is 316 g/mol. The van der Waals surface area contributed by atoms with Crippen molar-refractivity contribution in [2.75, 3.05) is 40.3 Å². The second kappa shape index (κ2) is 8.95. The molecule has 0 spiro atoms. The van der Waals surface area contributed by atoms with E-state index in [0.29, 0.717) is 0 Å². The average Bonchev–Trinajstić information content (AvgIpc) is 3.17. The van der Waals surface area contributed by atoms with Crippen LogP contribution >= 0.6 is 0 Å². The smallest absolute Gasteiger partial charge is 0.000996 e. The van der Waals surface area contributed by atoms with Crippen molar-refractivity contribution < 1.29 is 0 Å². The van der Waals surface area contributed by atoms with E-state index in [1.54, 1.807) is 0 Å². The molecule has 0 aromatic rings. The summed E-state index contributed by atoms with van der Waals surface area (Å²) in [4.78, 5) is 5.03. The van der Waals surface area contributed by atoms with E-state index >= 15 is 0 Å². The van der Waals surface area contributed by atoms with Crippen molar-refractivity contribution >= 4 is 0 Å². The van der Waals surface area contributed by atoms with Gasteiger partial charge in [0.05, 0.1) is 0 Å². The summed E-state index contributed by atoms with van der Waals surface area (Å²) >= 11 is 0. The van der Waals surface area contributed by atoms with Crippen molar-refractivity contribution in [1.29, 1.82) is 0 Å². The highest BCUT2D eigenvalue weighted by Crippen LogP contribution is 2.44. The third kappa shape index (κ3) is 5.47. The molecule has 4 aliphatic rings. The summed E-state index contributed by atoms with van der Waals surface area (Å²) in [6.45, 7) is 14.9. The number of rotatable bonds is 4. The summed E-state index contributed by atoms with van der Waals surface area (Å²) in [7, 11) is 4.55. The molecule has 2 nitrogen and oxygen atoms in total. The van der Waals surface area contributed by atoms with Gasteiger partial charge in [0.2, 0.25) is 0 Å². The lowest BCUT2D eigenvalue weighted by molar-refractivity contribution is 0.330. The first-order valence-electron chi connectivity index (χ1n) is 11.7. The van der Waals surface area contributed by atoms with Crippen LogP contribution in [0.15, 0.2) is 0 Å². The average molecular weight is 363 g/mol. The number of hydrogen-bond donors (Lipinski definition) is 0. The molecule has 2 saturated carbocycles. The number of nitrogens with zero attached hydrogens (tertiary/aromatic N) is 2. The zero-order chi connectivity index (χ0) is 18.8. The molecule has 26 heavy (non-hydrogen) atoms. The van der Waals surface area contributed by atoms with Crippen molar-refractivity contribution in [2.45, 2.75) is 66.2 Å². The molecular formula is C24H46N2. The predicted molar refractivity (Wildman–Crippen MR) is 113 cm³/mol. The molecule has 0 N–H and O–H groups in total. The minimum atomic E-state index is 0.904. The van der Waals surface area contributed by atoms with Gasteiger partial charge < -0.3 is 9.80 Å². The zero-order valence-corrected chi connectivity index (χ0v) is 18.6. The molecule has 4 rings (SSSR count). The lowest BCUT2D eigenvalue weighted by Gasteiger charge is -2.15. The fraction of sp³-hybridized carbons (Fsp3) is 1.00. The van der Waals surface area contributed by atoms with Crippen LogP contribution < -0.4 is 0 Å². The van der Waals surface area contributed by atoms with Gasteiger partial charge in [-0.2, -0.15) is 0 Å². The fourth-order valence-electron chi connectivity index (χ4n) is 7.04. The number of hydrogen-bond acceptors (Lipinski definition) is 2. The third-order valence-corrected chi connectivity index (χ3v) is 7.67. The van der Waals surface area contributed by atoms with Crippen LogP contribution in [0.1, 0.15) is 66.2 Å². The van der Waals surface area contributed by atoms with Gasteiger partial charge >= 0.3 is 0 Å². The van der Waals surface area contributed by atoms with E-state index in [2.05, 4.69) is 51.6 Å². The molecule has 2 aliphatic heterocycles.